The van der Waals surface area contributed by atoms with Crippen molar-refractivity contribution in [3.8, 4) is 0 Å². The summed E-state index contributed by atoms with van der Waals surface area (Å²) in [6, 6.07) is 5.16. The maximum absolute atomic E-state index is 12.3. The van der Waals surface area contributed by atoms with Gasteiger partial charge in [-0.15, -0.1) is 24.8 Å². The molecule has 1 fully saturated rings. The van der Waals surface area contributed by atoms with Gasteiger partial charge >= 0.3 is 5.76 Å². The van der Waals surface area contributed by atoms with E-state index in [9.17, 15) is 9.59 Å². The highest BCUT2D eigenvalue weighted by Crippen LogP contribution is 2.22. The van der Waals surface area contributed by atoms with Gasteiger partial charge in [-0.2, -0.15) is 0 Å². The Morgan fingerprint density at radius 3 is 2.70 bits per heavy atom. The number of hydrogen-bond donors (Lipinski definition) is 2. The SMILES string of the molecule is CN(C)CCn1c(=O)oc2ccc(NC(=O)[C@@H]3CC[C@H](CN)O3)cc21.Cl.Cl. The zero-order chi connectivity index (χ0) is 18.0. The zero-order valence-electron chi connectivity index (χ0n) is 15.3. The average molecular weight is 421 g/mol. The smallest absolute Gasteiger partial charge is 0.408 e. The van der Waals surface area contributed by atoms with Gasteiger partial charge in [-0.3, -0.25) is 9.36 Å². The second-order valence-electron chi connectivity index (χ2n) is 6.55. The highest BCUT2D eigenvalue weighted by Gasteiger charge is 2.29. The van der Waals surface area contributed by atoms with Gasteiger partial charge in [0.1, 0.15) is 6.10 Å². The molecule has 0 bridgehead atoms. The van der Waals surface area contributed by atoms with Crippen molar-refractivity contribution in [3.63, 3.8) is 0 Å². The molecule has 3 N–H and O–H groups in total. The van der Waals surface area contributed by atoms with Gasteiger partial charge in [0, 0.05) is 25.3 Å². The topological polar surface area (TPSA) is 103 Å². The van der Waals surface area contributed by atoms with E-state index in [1.807, 2.05) is 19.0 Å². The van der Waals surface area contributed by atoms with Gasteiger partial charge in [0.05, 0.1) is 11.6 Å². The Morgan fingerprint density at radius 1 is 1.33 bits per heavy atom. The lowest BCUT2D eigenvalue weighted by molar-refractivity contribution is -0.126. The number of rotatable bonds is 6. The van der Waals surface area contributed by atoms with Gasteiger partial charge in [-0.25, -0.2) is 4.79 Å². The van der Waals surface area contributed by atoms with Crippen molar-refractivity contribution in [3.05, 3.63) is 28.7 Å². The fourth-order valence-electron chi connectivity index (χ4n) is 2.95. The number of ether oxygens (including phenoxy) is 1. The van der Waals surface area contributed by atoms with Crippen LogP contribution in [0.25, 0.3) is 11.1 Å². The van der Waals surface area contributed by atoms with Crippen LogP contribution in [0.5, 0.6) is 0 Å². The number of carbonyl (C=O) groups excluding carboxylic acids is 1. The molecule has 1 aliphatic heterocycles. The van der Waals surface area contributed by atoms with Crippen LogP contribution in [-0.4, -0.2) is 54.8 Å². The molecule has 1 aromatic carbocycles. The van der Waals surface area contributed by atoms with Crippen LogP contribution >= 0.6 is 24.8 Å². The molecular weight excluding hydrogens is 395 g/mol. The number of hydrogen-bond acceptors (Lipinski definition) is 6. The Hall–Kier alpha value is -1.58. The van der Waals surface area contributed by atoms with E-state index in [1.54, 1.807) is 22.8 Å². The lowest BCUT2D eigenvalue weighted by Gasteiger charge is -2.13. The summed E-state index contributed by atoms with van der Waals surface area (Å²) in [5.41, 5.74) is 7.35. The highest BCUT2D eigenvalue weighted by molar-refractivity contribution is 5.95. The van der Waals surface area contributed by atoms with Gasteiger partial charge in [0.2, 0.25) is 0 Å². The summed E-state index contributed by atoms with van der Waals surface area (Å²) in [5, 5.41) is 2.85. The number of nitrogens with two attached hydrogens (primary N) is 1. The summed E-state index contributed by atoms with van der Waals surface area (Å²) in [5.74, 6) is -0.591. The summed E-state index contributed by atoms with van der Waals surface area (Å²) < 4.78 is 12.4. The summed E-state index contributed by atoms with van der Waals surface area (Å²) in [7, 11) is 3.88. The summed E-state index contributed by atoms with van der Waals surface area (Å²) in [6.45, 7) is 1.64. The number of halogens is 2. The van der Waals surface area contributed by atoms with Crippen LogP contribution in [0.4, 0.5) is 5.69 Å². The van der Waals surface area contributed by atoms with Gasteiger partial charge in [0.15, 0.2) is 5.58 Å². The van der Waals surface area contributed by atoms with Crippen LogP contribution in [0.15, 0.2) is 27.4 Å². The van der Waals surface area contributed by atoms with Gasteiger partial charge in [-0.05, 0) is 45.1 Å². The van der Waals surface area contributed by atoms with Crippen molar-refractivity contribution in [1.82, 2.24) is 9.47 Å². The van der Waals surface area contributed by atoms with Crippen LogP contribution in [0.3, 0.4) is 0 Å². The number of benzene rings is 1. The number of carbonyl (C=O) groups is 1. The highest BCUT2D eigenvalue weighted by atomic mass is 35.5. The molecule has 1 saturated heterocycles. The van der Waals surface area contributed by atoms with E-state index in [2.05, 4.69) is 5.32 Å². The molecule has 0 unspecified atom stereocenters. The maximum Gasteiger partial charge on any atom is 0.419 e. The van der Waals surface area contributed by atoms with E-state index >= 15 is 0 Å². The first-order valence-electron chi connectivity index (χ1n) is 8.42. The Kier molecular flexibility index (Phi) is 8.77. The molecule has 2 aromatic rings. The van der Waals surface area contributed by atoms with Crippen LogP contribution in [0.2, 0.25) is 0 Å². The zero-order valence-corrected chi connectivity index (χ0v) is 17.0. The number of nitrogens with zero attached hydrogens (tertiary/aromatic N) is 2. The normalized spacial score (nSPS) is 19.0. The number of nitrogens with one attached hydrogen (secondary N) is 1. The van der Waals surface area contributed by atoms with Crippen LogP contribution in [-0.2, 0) is 16.1 Å². The Labute approximate surface area is 169 Å². The molecular formula is C17H26Cl2N4O4. The van der Waals surface area contributed by atoms with Crippen molar-refractivity contribution >= 4 is 47.5 Å². The van der Waals surface area contributed by atoms with E-state index < -0.39 is 11.9 Å². The lowest BCUT2D eigenvalue weighted by Crippen LogP contribution is -2.29. The standard InChI is InChI=1S/C17H24N4O4.2ClH/c1-20(2)7-8-21-13-9-11(3-5-14(13)25-17(21)23)19-16(22)15-6-4-12(10-18)24-15;;/h3,5,9,12,15H,4,6-8,10,18H2,1-2H3,(H,19,22);2*1H/t12-,15+;;/m1../s1. The Bertz CT molecular complexity index is 821. The number of aromatic nitrogens is 1. The lowest BCUT2D eigenvalue weighted by atomic mass is 10.2. The van der Waals surface area contributed by atoms with Crippen molar-refractivity contribution < 1.29 is 13.9 Å². The first-order chi connectivity index (χ1) is 12.0. The average Bonchev–Trinajstić information content (AvgIpc) is 3.16. The molecule has 0 saturated carbocycles. The number of anilines is 1. The number of likely N-dealkylation sites (N-methyl/N-ethyl adjacent to an activating group) is 1. The van der Waals surface area contributed by atoms with E-state index in [0.29, 0.717) is 42.8 Å². The minimum Gasteiger partial charge on any atom is -0.408 e. The van der Waals surface area contributed by atoms with Gasteiger partial charge in [-0.1, -0.05) is 0 Å². The van der Waals surface area contributed by atoms with Crippen LogP contribution in [0, 0.1) is 0 Å². The van der Waals surface area contributed by atoms with E-state index in [4.69, 9.17) is 14.9 Å². The van der Waals surface area contributed by atoms with E-state index in [1.165, 1.54) is 0 Å². The van der Waals surface area contributed by atoms with Crippen molar-refractivity contribution in [2.45, 2.75) is 31.6 Å². The molecule has 3 rings (SSSR count). The second kappa shape index (κ2) is 10.1. The molecule has 0 aliphatic carbocycles. The third-order valence-corrected chi connectivity index (χ3v) is 4.37. The Balaban J connectivity index is 0.00000182. The monoisotopic (exact) mass is 420 g/mol. The fourth-order valence-corrected chi connectivity index (χ4v) is 2.95. The maximum atomic E-state index is 12.3. The predicted molar refractivity (Wildman–Crippen MR) is 109 cm³/mol. The quantitative estimate of drug-likeness (QED) is 0.732. The van der Waals surface area contributed by atoms with E-state index in [0.717, 1.165) is 6.42 Å². The van der Waals surface area contributed by atoms with Crippen LogP contribution < -0.4 is 16.8 Å². The van der Waals surface area contributed by atoms with Crippen LogP contribution in [0.1, 0.15) is 12.8 Å². The second-order valence-corrected chi connectivity index (χ2v) is 6.55. The minimum absolute atomic E-state index is 0. The third-order valence-electron chi connectivity index (χ3n) is 4.37. The Morgan fingerprint density at radius 2 is 2.07 bits per heavy atom. The largest absolute Gasteiger partial charge is 0.419 e. The molecule has 0 spiro atoms. The molecule has 152 valence electrons. The molecule has 1 amide bonds. The first kappa shape index (κ1) is 23.5. The first-order valence-corrected chi connectivity index (χ1v) is 8.42. The van der Waals surface area contributed by atoms with Gasteiger partial charge < -0.3 is 25.1 Å². The molecule has 1 aromatic heterocycles. The summed E-state index contributed by atoms with van der Waals surface area (Å²) in [4.78, 5) is 26.4. The number of fused-ring (bicyclic) bond motifs is 1. The number of amides is 1. The summed E-state index contributed by atoms with van der Waals surface area (Å²) >= 11 is 0. The number of oxazole rings is 1. The molecule has 1 aliphatic rings. The predicted octanol–water partition coefficient (Wildman–Crippen LogP) is 1.44. The van der Waals surface area contributed by atoms with Gasteiger partial charge in [0.25, 0.3) is 5.91 Å². The molecule has 0 radical (unpaired) electrons. The molecule has 10 heteroatoms. The van der Waals surface area contributed by atoms with Crippen molar-refractivity contribution in [2.24, 2.45) is 5.73 Å². The minimum atomic E-state index is -0.482. The molecule has 2 heterocycles. The summed E-state index contributed by atoms with van der Waals surface area (Å²) in [6.07, 6.45) is 0.919. The van der Waals surface area contributed by atoms with Crippen molar-refractivity contribution in [1.29, 1.82) is 0 Å². The van der Waals surface area contributed by atoms with E-state index in [-0.39, 0.29) is 36.8 Å². The molecule has 8 nitrogen and oxygen atoms in total. The molecule has 2 atom stereocenters. The third kappa shape index (κ3) is 5.46. The molecule has 27 heavy (non-hydrogen) atoms. The van der Waals surface area contributed by atoms with Crippen molar-refractivity contribution in [2.75, 3.05) is 32.5 Å². The fraction of sp³-hybridized carbons (Fsp3) is 0.529.